The summed E-state index contributed by atoms with van der Waals surface area (Å²) in [6.07, 6.45) is 2.98. The number of amides is 1. The van der Waals surface area contributed by atoms with Gasteiger partial charge >= 0.3 is 0 Å². The van der Waals surface area contributed by atoms with Crippen molar-refractivity contribution in [3.8, 4) is 0 Å². The lowest BCUT2D eigenvalue weighted by atomic mass is 9.86. The monoisotopic (exact) mass is 360 g/mol. The Morgan fingerprint density at radius 2 is 1.70 bits per heavy atom. The second-order valence-electron chi connectivity index (χ2n) is 6.55. The summed E-state index contributed by atoms with van der Waals surface area (Å²) in [5, 5.41) is 0.429. The summed E-state index contributed by atoms with van der Waals surface area (Å²) in [6, 6.07) is 13.8. The molecule has 2 heterocycles. The summed E-state index contributed by atoms with van der Waals surface area (Å²) in [4.78, 5) is 50.1. The smallest absolute Gasteiger partial charge is 0.218 e. The molecule has 27 heavy (non-hydrogen) atoms. The molecule has 3 aromatic rings. The highest BCUT2D eigenvalue weighted by Crippen LogP contribution is 2.30. The van der Waals surface area contributed by atoms with Crippen LogP contribution in [0.5, 0.6) is 0 Å². The topological polar surface area (TPSA) is 76.5 Å². The molecule has 1 aliphatic rings. The number of rotatable bonds is 4. The number of fused-ring (bicyclic) bond motifs is 2. The zero-order valence-corrected chi connectivity index (χ0v) is 14.4. The van der Waals surface area contributed by atoms with Gasteiger partial charge in [0.25, 0.3) is 0 Å². The van der Waals surface area contributed by atoms with Crippen molar-refractivity contribution in [3.05, 3.63) is 76.1 Å². The van der Waals surface area contributed by atoms with Crippen LogP contribution in [-0.4, -0.2) is 29.7 Å². The number of pyridine rings is 1. The molecule has 4 rings (SSSR count). The predicted octanol–water partition coefficient (Wildman–Crippen LogP) is 2.06. The molecule has 0 aliphatic carbocycles. The van der Waals surface area contributed by atoms with E-state index in [1.807, 2.05) is 0 Å². The van der Waals surface area contributed by atoms with Gasteiger partial charge < -0.3 is 4.90 Å². The number of aromatic nitrogens is 1. The van der Waals surface area contributed by atoms with E-state index < -0.39 is 5.92 Å². The minimum atomic E-state index is -0.543. The molecule has 134 valence electrons. The molecule has 6 nitrogen and oxygen atoms in total. The van der Waals surface area contributed by atoms with Gasteiger partial charge in [-0.05, 0) is 30.7 Å². The van der Waals surface area contributed by atoms with Crippen LogP contribution in [0.15, 0.2) is 59.5 Å². The minimum absolute atomic E-state index is 0.103. The molecule has 0 saturated heterocycles. The lowest BCUT2D eigenvalue weighted by Crippen LogP contribution is -2.40. The second-order valence-corrected chi connectivity index (χ2v) is 6.55. The zero-order valence-electron chi connectivity index (χ0n) is 14.4. The van der Waals surface area contributed by atoms with Crippen molar-refractivity contribution in [3.63, 3.8) is 0 Å². The van der Waals surface area contributed by atoms with Crippen molar-refractivity contribution in [2.45, 2.75) is 6.42 Å². The van der Waals surface area contributed by atoms with Gasteiger partial charge in [-0.15, -0.1) is 0 Å². The van der Waals surface area contributed by atoms with Crippen LogP contribution >= 0.6 is 0 Å². The maximum Gasteiger partial charge on any atom is 0.218 e. The van der Waals surface area contributed by atoms with E-state index in [0.717, 1.165) is 0 Å². The van der Waals surface area contributed by atoms with E-state index in [1.165, 1.54) is 15.7 Å². The minimum Gasteiger partial charge on any atom is -0.314 e. The van der Waals surface area contributed by atoms with Crippen molar-refractivity contribution in [1.82, 2.24) is 4.57 Å². The highest BCUT2D eigenvalue weighted by atomic mass is 16.1. The summed E-state index contributed by atoms with van der Waals surface area (Å²) in [5.74, 6) is -0.645. The third kappa shape index (κ3) is 2.75. The van der Waals surface area contributed by atoms with E-state index in [-0.39, 0.29) is 24.2 Å². The van der Waals surface area contributed by atoms with Gasteiger partial charge in [0.15, 0.2) is 11.2 Å². The summed E-state index contributed by atoms with van der Waals surface area (Å²) in [5.41, 5.74) is 1.75. The molecule has 1 aliphatic heterocycles. The number of carbonyl (C=O) groups excluding carboxylic acids is 3. The largest absolute Gasteiger partial charge is 0.314 e. The number of hydrogen-bond acceptors (Lipinski definition) is 4. The number of anilines is 1. The summed E-state index contributed by atoms with van der Waals surface area (Å²) in [7, 11) is 0. The van der Waals surface area contributed by atoms with Crippen molar-refractivity contribution < 1.29 is 14.4 Å². The van der Waals surface area contributed by atoms with E-state index in [1.54, 1.807) is 48.5 Å². The second kappa shape index (κ2) is 6.64. The van der Waals surface area contributed by atoms with Gasteiger partial charge in [0.2, 0.25) is 12.8 Å². The van der Waals surface area contributed by atoms with Gasteiger partial charge in [0.1, 0.15) is 0 Å². The van der Waals surface area contributed by atoms with Crippen LogP contribution in [0.3, 0.4) is 0 Å². The Kier molecular flexibility index (Phi) is 4.16. The lowest BCUT2D eigenvalue weighted by molar-refractivity contribution is -0.107. The fraction of sp³-hybridized carbons (Fsp3) is 0.143. The van der Waals surface area contributed by atoms with Gasteiger partial charge in [-0.1, -0.05) is 24.3 Å². The maximum absolute atomic E-state index is 12.9. The van der Waals surface area contributed by atoms with Gasteiger partial charge in [-0.25, -0.2) is 0 Å². The molecule has 1 atom stereocenters. The number of carbonyl (C=O) groups is 3. The van der Waals surface area contributed by atoms with Crippen LogP contribution in [0.2, 0.25) is 0 Å². The Hall–Kier alpha value is -3.54. The summed E-state index contributed by atoms with van der Waals surface area (Å²) < 4.78 is 1.35. The third-order valence-corrected chi connectivity index (χ3v) is 4.99. The molecule has 0 bridgehead atoms. The van der Waals surface area contributed by atoms with E-state index in [2.05, 4.69) is 0 Å². The van der Waals surface area contributed by atoms with Gasteiger partial charge in [0, 0.05) is 35.2 Å². The number of Topliss-reactive ketones (excluding diaryl/α,β-unsaturated/α-hetero) is 1. The Morgan fingerprint density at radius 3 is 2.48 bits per heavy atom. The summed E-state index contributed by atoms with van der Waals surface area (Å²) in [6.45, 7) is 0.201. The van der Waals surface area contributed by atoms with Crippen LogP contribution in [-0.2, 0) is 16.0 Å². The number of hydrogen-bond donors (Lipinski definition) is 0. The first-order valence-corrected chi connectivity index (χ1v) is 8.57. The Bertz CT molecular complexity index is 1130. The molecule has 1 aromatic heterocycles. The van der Waals surface area contributed by atoms with Crippen molar-refractivity contribution in [2.24, 2.45) is 5.92 Å². The fourth-order valence-electron chi connectivity index (χ4n) is 3.69. The van der Waals surface area contributed by atoms with E-state index >= 15 is 0 Å². The van der Waals surface area contributed by atoms with Crippen LogP contribution in [0.1, 0.15) is 15.9 Å². The average Bonchev–Trinajstić information content (AvgIpc) is 2.72. The van der Waals surface area contributed by atoms with Crippen molar-refractivity contribution >= 4 is 35.2 Å². The predicted molar refractivity (Wildman–Crippen MR) is 102 cm³/mol. The first-order valence-electron chi connectivity index (χ1n) is 8.57. The molecular weight excluding hydrogens is 344 g/mol. The number of benzene rings is 2. The zero-order chi connectivity index (χ0) is 19.0. The number of ketones is 1. The fourth-order valence-corrected chi connectivity index (χ4v) is 3.69. The molecule has 2 aromatic carbocycles. The van der Waals surface area contributed by atoms with Gasteiger partial charge in [0.05, 0.1) is 11.2 Å². The highest BCUT2D eigenvalue weighted by molar-refractivity contribution is 6.07. The van der Waals surface area contributed by atoms with Crippen LogP contribution < -0.4 is 10.3 Å². The Balaban J connectivity index is 1.78. The van der Waals surface area contributed by atoms with Crippen LogP contribution in [0.25, 0.3) is 10.9 Å². The molecule has 0 radical (unpaired) electrons. The summed E-state index contributed by atoms with van der Waals surface area (Å²) >= 11 is 0. The molecule has 1 amide bonds. The van der Waals surface area contributed by atoms with Crippen molar-refractivity contribution in [2.75, 3.05) is 11.4 Å². The lowest BCUT2D eigenvalue weighted by Gasteiger charge is -2.31. The molecule has 0 saturated carbocycles. The quantitative estimate of drug-likeness (QED) is 0.668. The molecule has 6 heteroatoms. The van der Waals surface area contributed by atoms with Crippen LogP contribution in [0, 0.1) is 5.92 Å². The SMILES string of the molecule is O=CN1CC(Cc2cn(C=O)c3ccccc3c2=O)C(=O)c2ccccc21. The molecular formula is C21H16N2O4. The number of nitrogens with zero attached hydrogens (tertiary/aromatic N) is 2. The molecule has 0 fully saturated rings. The van der Waals surface area contributed by atoms with E-state index in [9.17, 15) is 19.2 Å². The Morgan fingerprint density at radius 1 is 0.963 bits per heavy atom. The van der Waals surface area contributed by atoms with Gasteiger partial charge in [-0.3, -0.25) is 23.7 Å². The molecule has 0 spiro atoms. The Labute approximate surface area is 154 Å². The van der Waals surface area contributed by atoms with E-state index in [0.29, 0.717) is 40.5 Å². The standard InChI is InChI=1S/C21H16N2O4/c24-12-22-10-14(20(26)16-5-1-3-7-18(16)22)9-15-11-23(13-25)19-8-4-2-6-17(19)21(15)27/h1-8,10,12-13,15H,9,11H2. The number of para-hydroxylation sites is 2. The maximum atomic E-state index is 12.9. The van der Waals surface area contributed by atoms with Crippen molar-refractivity contribution in [1.29, 1.82) is 0 Å². The average molecular weight is 360 g/mol. The van der Waals surface area contributed by atoms with Gasteiger partial charge in [-0.2, -0.15) is 0 Å². The molecule has 0 N–H and O–H groups in total. The normalized spacial score (nSPS) is 16.2. The molecule has 1 unspecified atom stereocenters. The highest BCUT2D eigenvalue weighted by Gasteiger charge is 2.32. The first kappa shape index (κ1) is 16.9. The van der Waals surface area contributed by atoms with Crippen LogP contribution in [0.4, 0.5) is 5.69 Å². The third-order valence-electron chi connectivity index (χ3n) is 4.99. The van der Waals surface area contributed by atoms with E-state index in [4.69, 9.17) is 0 Å². The first-order chi connectivity index (χ1) is 13.1.